The van der Waals surface area contributed by atoms with E-state index in [9.17, 15) is 0 Å². The van der Waals surface area contributed by atoms with Crippen LogP contribution in [0.1, 0.15) is 44.8 Å². The summed E-state index contributed by atoms with van der Waals surface area (Å²) in [6.07, 6.45) is 3.90. The van der Waals surface area contributed by atoms with E-state index in [1.165, 1.54) is 25.8 Å². The summed E-state index contributed by atoms with van der Waals surface area (Å²) in [6, 6.07) is 0.760. The lowest BCUT2D eigenvalue weighted by molar-refractivity contribution is 0.0316. The molecule has 0 bridgehead atoms. The molecule has 6 nitrogen and oxygen atoms in total. The molecule has 2 aliphatic heterocycles. The minimum Gasteiger partial charge on any atom is -0.338 e. The first kappa shape index (κ1) is 14.9. The number of likely N-dealkylation sites (tertiary alicyclic amines) is 2. The Hall–Kier alpha value is -0.980. The molecule has 0 radical (unpaired) electrons. The highest BCUT2D eigenvalue weighted by Crippen LogP contribution is 2.30. The maximum absolute atomic E-state index is 6.00. The predicted molar refractivity (Wildman–Crippen MR) is 80.5 cm³/mol. The molecule has 3 rings (SSSR count). The van der Waals surface area contributed by atoms with Gasteiger partial charge in [0.25, 0.3) is 0 Å². The summed E-state index contributed by atoms with van der Waals surface area (Å²) in [5, 5.41) is 4.00. The Morgan fingerprint density at radius 3 is 2.86 bits per heavy atom. The van der Waals surface area contributed by atoms with Crippen LogP contribution in [0.25, 0.3) is 0 Å². The second-order valence-electron chi connectivity index (χ2n) is 7.21. The molecule has 2 fully saturated rings. The number of fused-ring (bicyclic) bond motifs is 1. The van der Waals surface area contributed by atoms with E-state index in [0.717, 1.165) is 31.6 Å². The minimum atomic E-state index is -0.541. The highest BCUT2D eigenvalue weighted by molar-refractivity contribution is 4.99. The fourth-order valence-electron chi connectivity index (χ4n) is 3.64. The smallest absolute Gasteiger partial charge is 0.240 e. The molecule has 6 heteroatoms. The third-order valence-corrected chi connectivity index (χ3v) is 4.83. The van der Waals surface area contributed by atoms with E-state index in [4.69, 9.17) is 10.3 Å². The first-order valence-corrected chi connectivity index (χ1v) is 7.98. The third-order valence-electron chi connectivity index (χ3n) is 4.83. The minimum absolute atomic E-state index is 0.541. The van der Waals surface area contributed by atoms with Crippen molar-refractivity contribution in [2.24, 2.45) is 11.7 Å². The van der Waals surface area contributed by atoms with Crippen LogP contribution >= 0.6 is 0 Å². The monoisotopic (exact) mass is 293 g/mol. The highest BCUT2D eigenvalue weighted by Gasteiger charge is 2.34. The number of piperidine rings is 2. The van der Waals surface area contributed by atoms with E-state index >= 15 is 0 Å². The molecule has 0 spiro atoms. The summed E-state index contributed by atoms with van der Waals surface area (Å²) in [5.41, 5.74) is 5.46. The maximum atomic E-state index is 6.00. The maximum Gasteiger partial charge on any atom is 0.240 e. The summed E-state index contributed by atoms with van der Waals surface area (Å²) in [6.45, 7) is 8.03. The second-order valence-corrected chi connectivity index (χ2v) is 7.21. The van der Waals surface area contributed by atoms with E-state index in [2.05, 4.69) is 27.0 Å². The molecule has 0 aliphatic carbocycles. The van der Waals surface area contributed by atoms with Crippen molar-refractivity contribution < 1.29 is 4.52 Å². The molecule has 118 valence electrons. The summed E-state index contributed by atoms with van der Waals surface area (Å²) in [5.74, 6) is 2.06. The third kappa shape index (κ3) is 3.27. The normalized spacial score (nSPS) is 28.6. The molecule has 3 heterocycles. The van der Waals surface area contributed by atoms with Gasteiger partial charge in [-0.15, -0.1) is 0 Å². The Morgan fingerprint density at radius 2 is 2.14 bits per heavy atom. The Labute approximate surface area is 126 Å². The summed E-state index contributed by atoms with van der Waals surface area (Å²) in [4.78, 5) is 9.42. The number of nitrogens with two attached hydrogens (primary N) is 1. The molecular formula is C15H27N5O. The molecule has 2 aliphatic rings. The lowest BCUT2D eigenvalue weighted by Gasteiger charge is -2.45. The lowest BCUT2D eigenvalue weighted by Crippen LogP contribution is -2.52. The zero-order valence-corrected chi connectivity index (χ0v) is 13.4. The van der Waals surface area contributed by atoms with Crippen molar-refractivity contribution in [3.63, 3.8) is 0 Å². The van der Waals surface area contributed by atoms with E-state index in [1.54, 1.807) is 0 Å². The van der Waals surface area contributed by atoms with Crippen LogP contribution in [0.2, 0.25) is 0 Å². The van der Waals surface area contributed by atoms with Gasteiger partial charge in [0.2, 0.25) is 5.89 Å². The molecule has 2 unspecified atom stereocenters. The number of hydrogen-bond acceptors (Lipinski definition) is 6. The lowest BCUT2D eigenvalue weighted by atomic mass is 9.84. The number of aromatic nitrogens is 2. The summed E-state index contributed by atoms with van der Waals surface area (Å²) >= 11 is 0. The SMILES string of the molecule is CN1CCCC2CN(Cc3nc(C(C)(C)N)no3)CCC21. The van der Waals surface area contributed by atoms with Gasteiger partial charge in [-0.25, -0.2) is 0 Å². The van der Waals surface area contributed by atoms with Crippen LogP contribution in [0.5, 0.6) is 0 Å². The Bertz CT molecular complexity index is 481. The van der Waals surface area contributed by atoms with Crippen molar-refractivity contribution in [2.75, 3.05) is 26.7 Å². The molecule has 2 atom stereocenters. The average molecular weight is 293 g/mol. The Morgan fingerprint density at radius 1 is 1.33 bits per heavy atom. The molecule has 1 aromatic rings. The van der Waals surface area contributed by atoms with Crippen molar-refractivity contribution in [3.05, 3.63) is 11.7 Å². The van der Waals surface area contributed by atoms with E-state index < -0.39 is 5.54 Å². The van der Waals surface area contributed by atoms with Gasteiger partial charge >= 0.3 is 0 Å². The molecule has 2 saturated heterocycles. The topological polar surface area (TPSA) is 71.4 Å². The van der Waals surface area contributed by atoms with Crippen LogP contribution in [-0.4, -0.2) is 52.7 Å². The average Bonchev–Trinajstić information content (AvgIpc) is 2.87. The fraction of sp³-hybridized carbons (Fsp3) is 0.867. The van der Waals surface area contributed by atoms with Crippen LogP contribution in [-0.2, 0) is 12.1 Å². The van der Waals surface area contributed by atoms with Gasteiger partial charge < -0.3 is 15.2 Å². The molecule has 0 aromatic carbocycles. The van der Waals surface area contributed by atoms with Gasteiger partial charge in [0, 0.05) is 19.1 Å². The molecular weight excluding hydrogens is 266 g/mol. The molecule has 2 N–H and O–H groups in total. The van der Waals surface area contributed by atoms with Crippen molar-refractivity contribution >= 4 is 0 Å². The van der Waals surface area contributed by atoms with Gasteiger partial charge in [-0.1, -0.05) is 5.16 Å². The predicted octanol–water partition coefficient (Wildman–Crippen LogP) is 1.18. The Balaban J connectivity index is 1.60. The van der Waals surface area contributed by atoms with E-state index in [-0.39, 0.29) is 0 Å². The largest absolute Gasteiger partial charge is 0.338 e. The van der Waals surface area contributed by atoms with Crippen LogP contribution in [0.3, 0.4) is 0 Å². The van der Waals surface area contributed by atoms with E-state index in [1.807, 2.05) is 13.8 Å². The van der Waals surface area contributed by atoms with Gasteiger partial charge in [0.1, 0.15) is 0 Å². The second kappa shape index (κ2) is 5.66. The highest BCUT2D eigenvalue weighted by atomic mass is 16.5. The quantitative estimate of drug-likeness (QED) is 0.902. The van der Waals surface area contributed by atoms with Crippen LogP contribution < -0.4 is 5.73 Å². The van der Waals surface area contributed by atoms with Gasteiger partial charge in [0.15, 0.2) is 5.82 Å². The van der Waals surface area contributed by atoms with Gasteiger partial charge in [-0.2, -0.15) is 4.98 Å². The first-order valence-electron chi connectivity index (χ1n) is 7.98. The van der Waals surface area contributed by atoms with Crippen molar-refractivity contribution in [1.29, 1.82) is 0 Å². The summed E-state index contributed by atoms with van der Waals surface area (Å²) in [7, 11) is 2.26. The number of hydrogen-bond donors (Lipinski definition) is 1. The van der Waals surface area contributed by atoms with Gasteiger partial charge in [-0.3, -0.25) is 4.90 Å². The molecule has 0 amide bonds. The van der Waals surface area contributed by atoms with Crippen LogP contribution in [0.4, 0.5) is 0 Å². The zero-order chi connectivity index (χ0) is 15.0. The molecule has 0 saturated carbocycles. The number of nitrogens with zero attached hydrogens (tertiary/aromatic N) is 4. The summed E-state index contributed by atoms with van der Waals surface area (Å²) < 4.78 is 5.36. The van der Waals surface area contributed by atoms with E-state index in [0.29, 0.717) is 11.7 Å². The number of rotatable bonds is 3. The zero-order valence-electron chi connectivity index (χ0n) is 13.4. The van der Waals surface area contributed by atoms with Gasteiger partial charge in [-0.05, 0) is 52.6 Å². The van der Waals surface area contributed by atoms with Crippen molar-refractivity contribution in [2.45, 2.75) is 51.2 Å². The fourth-order valence-corrected chi connectivity index (χ4v) is 3.64. The van der Waals surface area contributed by atoms with Crippen LogP contribution in [0, 0.1) is 5.92 Å². The molecule has 1 aromatic heterocycles. The van der Waals surface area contributed by atoms with Crippen molar-refractivity contribution in [1.82, 2.24) is 19.9 Å². The van der Waals surface area contributed by atoms with Crippen molar-refractivity contribution in [3.8, 4) is 0 Å². The Kier molecular flexibility index (Phi) is 4.03. The standard InChI is InChI=1S/C15H27N5O/c1-15(2,16)14-17-13(21-18-14)10-20-8-6-12-11(9-20)5-4-7-19(12)3/h11-12H,4-10,16H2,1-3H3. The van der Waals surface area contributed by atoms with Gasteiger partial charge in [0.05, 0.1) is 12.1 Å². The first-order chi connectivity index (χ1) is 9.93. The molecule has 21 heavy (non-hydrogen) atoms. The van der Waals surface area contributed by atoms with Crippen LogP contribution in [0.15, 0.2) is 4.52 Å².